The first-order chi connectivity index (χ1) is 8.37. The van der Waals surface area contributed by atoms with E-state index in [9.17, 15) is 4.79 Å². The van der Waals surface area contributed by atoms with E-state index < -0.39 is 0 Å². The number of aliphatic hydroxyl groups excluding tert-OH is 1. The van der Waals surface area contributed by atoms with Crippen LogP contribution in [-0.2, 0) is 4.79 Å². The molecular weight excluding hydrogens is 228 g/mol. The molecule has 3 N–H and O–H groups in total. The number of aliphatic hydroxyl groups is 1. The van der Waals surface area contributed by atoms with Crippen LogP contribution >= 0.6 is 0 Å². The first-order valence-electron chi connectivity index (χ1n) is 6.98. The summed E-state index contributed by atoms with van der Waals surface area (Å²) in [4.78, 5) is 11.6. The lowest BCUT2D eigenvalue weighted by molar-refractivity contribution is -0.121. The van der Waals surface area contributed by atoms with Gasteiger partial charge in [-0.3, -0.25) is 4.79 Å². The molecular formula is C14H30N2O2. The van der Waals surface area contributed by atoms with Gasteiger partial charge in [0.25, 0.3) is 0 Å². The van der Waals surface area contributed by atoms with E-state index in [-0.39, 0.29) is 17.9 Å². The van der Waals surface area contributed by atoms with E-state index in [1.54, 1.807) is 0 Å². The van der Waals surface area contributed by atoms with Crippen LogP contribution in [0.1, 0.15) is 53.4 Å². The quantitative estimate of drug-likeness (QED) is 0.522. The minimum Gasteiger partial charge on any atom is -0.396 e. The number of carbonyl (C=O) groups excluding carboxylic acids is 1. The molecule has 0 aromatic rings. The van der Waals surface area contributed by atoms with Crippen LogP contribution in [0.2, 0.25) is 0 Å². The third kappa shape index (κ3) is 10.5. The van der Waals surface area contributed by atoms with Gasteiger partial charge in [0.2, 0.25) is 5.91 Å². The monoisotopic (exact) mass is 258 g/mol. The minimum absolute atomic E-state index is 0.0641. The van der Waals surface area contributed by atoms with Crippen LogP contribution in [0.3, 0.4) is 0 Å². The molecule has 0 spiro atoms. The standard InChI is InChI=1S/C14H30N2O2/c1-12(2)15-9-5-7-13(18)16-11-14(3,4)8-6-10-17/h12,15,17H,5-11H2,1-4H3,(H,16,18). The lowest BCUT2D eigenvalue weighted by Gasteiger charge is -2.24. The van der Waals surface area contributed by atoms with Gasteiger partial charge in [-0.15, -0.1) is 0 Å². The Hall–Kier alpha value is -0.610. The summed E-state index contributed by atoms with van der Waals surface area (Å²) >= 11 is 0. The van der Waals surface area contributed by atoms with E-state index in [1.807, 2.05) is 0 Å². The first-order valence-corrected chi connectivity index (χ1v) is 6.98. The molecule has 108 valence electrons. The summed E-state index contributed by atoms with van der Waals surface area (Å²) in [6.45, 7) is 10.2. The second kappa shape index (κ2) is 9.34. The molecule has 0 aliphatic rings. The van der Waals surface area contributed by atoms with Crippen LogP contribution in [0.15, 0.2) is 0 Å². The summed E-state index contributed by atoms with van der Waals surface area (Å²) < 4.78 is 0. The molecule has 0 radical (unpaired) electrons. The topological polar surface area (TPSA) is 61.4 Å². The minimum atomic E-state index is 0.0641. The Morgan fingerprint density at radius 1 is 1.28 bits per heavy atom. The summed E-state index contributed by atoms with van der Waals surface area (Å²) in [6.07, 6.45) is 3.18. The van der Waals surface area contributed by atoms with E-state index in [0.29, 0.717) is 19.0 Å². The molecule has 4 nitrogen and oxygen atoms in total. The molecule has 0 heterocycles. The molecule has 0 rings (SSSR count). The average molecular weight is 258 g/mol. The van der Waals surface area contributed by atoms with Gasteiger partial charge in [0.1, 0.15) is 0 Å². The van der Waals surface area contributed by atoms with Crippen LogP contribution in [0.5, 0.6) is 0 Å². The fourth-order valence-corrected chi connectivity index (χ4v) is 1.71. The summed E-state index contributed by atoms with van der Waals surface area (Å²) in [5.74, 6) is 0.123. The van der Waals surface area contributed by atoms with Gasteiger partial charge < -0.3 is 15.7 Å². The number of carbonyl (C=O) groups is 1. The highest BCUT2D eigenvalue weighted by molar-refractivity contribution is 5.75. The Kier molecular flexibility index (Phi) is 9.02. The summed E-state index contributed by atoms with van der Waals surface area (Å²) in [5.41, 5.74) is 0.0641. The maximum absolute atomic E-state index is 11.6. The summed E-state index contributed by atoms with van der Waals surface area (Å²) in [7, 11) is 0. The van der Waals surface area contributed by atoms with Crippen molar-refractivity contribution in [2.75, 3.05) is 19.7 Å². The summed E-state index contributed by atoms with van der Waals surface area (Å²) in [6, 6.07) is 0.477. The Bertz CT molecular complexity index is 228. The summed E-state index contributed by atoms with van der Waals surface area (Å²) in [5, 5.41) is 15.1. The average Bonchev–Trinajstić information content (AvgIpc) is 2.29. The van der Waals surface area contributed by atoms with Crippen molar-refractivity contribution in [2.45, 2.75) is 59.4 Å². The van der Waals surface area contributed by atoms with E-state index in [0.717, 1.165) is 25.8 Å². The number of hydrogen-bond donors (Lipinski definition) is 3. The van der Waals surface area contributed by atoms with Gasteiger partial charge in [0, 0.05) is 25.6 Å². The molecule has 4 heteroatoms. The van der Waals surface area contributed by atoms with Crippen molar-refractivity contribution in [3.63, 3.8) is 0 Å². The van der Waals surface area contributed by atoms with Crippen LogP contribution in [0, 0.1) is 5.41 Å². The van der Waals surface area contributed by atoms with Crippen molar-refractivity contribution in [2.24, 2.45) is 5.41 Å². The molecule has 0 aromatic heterocycles. The largest absolute Gasteiger partial charge is 0.396 e. The van der Waals surface area contributed by atoms with Crippen molar-refractivity contribution in [3.8, 4) is 0 Å². The Labute approximate surface area is 112 Å². The van der Waals surface area contributed by atoms with Crippen molar-refractivity contribution in [1.29, 1.82) is 0 Å². The molecule has 0 aromatic carbocycles. The third-order valence-electron chi connectivity index (χ3n) is 2.91. The van der Waals surface area contributed by atoms with Gasteiger partial charge in [0.05, 0.1) is 0 Å². The maximum Gasteiger partial charge on any atom is 0.220 e. The third-order valence-corrected chi connectivity index (χ3v) is 2.91. The normalized spacial score (nSPS) is 11.9. The van der Waals surface area contributed by atoms with Gasteiger partial charge in [0.15, 0.2) is 0 Å². The molecule has 18 heavy (non-hydrogen) atoms. The molecule has 1 amide bonds. The molecule has 0 saturated carbocycles. The van der Waals surface area contributed by atoms with Crippen molar-refractivity contribution in [3.05, 3.63) is 0 Å². The van der Waals surface area contributed by atoms with Crippen LogP contribution < -0.4 is 10.6 Å². The van der Waals surface area contributed by atoms with Gasteiger partial charge in [-0.1, -0.05) is 27.7 Å². The van der Waals surface area contributed by atoms with Crippen molar-refractivity contribution in [1.82, 2.24) is 10.6 Å². The molecule has 0 fully saturated rings. The number of hydrogen-bond acceptors (Lipinski definition) is 3. The molecule has 0 atom stereocenters. The predicted octanol–water partition coefficient (Wildman–Crippen LogP) is 1.68. The van der Waals surface area contributed by atoms with E-state index >= 15 is 0 Å². The van der Waals surface area contributed by atoms with Gasteiger partial charge in [-0.2, -0.15) is 0 Å². The molecule has 0 bridgehead atoms. The Balaban J connectivity index is 3.63. The molecule has 0 saturated heterocycles. The zero-order chi connectivity index (χ0) is 14.0. The number of rotatable bonds is 10. The van der Waals surface area contributed by atoms with Crippen LogP contribution in [0.4, 0.5) is 0 Å². The Morgan fingerprint density at radius 2 is 1.94 bits per heavy atom. The van der Waals surface area contributed by atoms with E-state index in [1.165, 1.54) is 0 Å². The molecule has 0 unspecified atom stereocenters. The van der Waals surface area contributed by atoms with Gasteiger partial charge in [-0.05, 0) is 31.2 Å². The van der Waals surface area contributed by atoms with E-state index in [2.05, 4.69) is 38.3 Å². The molecule has 0 aliphatic heterocycles. The fourth-order valence-electron chi connectivity index (χ4n) is 1.71. The number of amides is 1. The lowest BCUT2D eigenvalue weighted by Crippen LogP contribution is -2.34. The van der Waals surface area contributed by atoms with E-state index in [4.69, 9.17) is 5.11 Å². The first kappa shape index (κ1) is 17.4. The zero-order valence-electron chi connectivity index (χ0n) is 12.4. The van der Waals surface area contributed by atoms with Crippen molar-refractivity contribution < 1.29 is 9.90 Å². The smallest absolute Gasteiger partial charge is 0.220 e. The highest BCUT2D eigenvalue weighted by atomic mass is 16.2. The highest BCUT2D eigenvalue weighted by Crippen LogP contribution is 2.20. The molecule has 0 aliphatic carbocycles. The lowest BCUT2D eigenvalue weighted by atomic mass is 9.88. The van der Waals surface area contributed by atoms with Crippen molar-refractivity contribution >= 4 is 5.91 Å². The van der Waals surface area contributed by atoms with Gasteiger partial charge >= 0.3 is 0 Å². The van der Waals surface area contributed by atoms with Crippen LogP contribution in [-0.4, -0.2) is 36.8 Å². The Morgan fingerprint density at radius 3 is 2.50 bits per heavy atom. The fraction of sp³-hybridized carbons (Fsp3) is 0.929. The predicted molar refractivity (Wildman–Crippen MR) is 75.5 cm³/mol. The van der Waals surface area contributed by atoms with Crippen LogP contribution in [0.25, 0.3) is 0 Å². The number of nitrogens with one attached hydrogen (secondary N) is 2. The SMILES string of the molecule is CC(C)NCCCC(=O)NCC(C)(C)CCCO. The van der Waals surface area contributed by atoms with Gasteiger partial charge in [-0.25, -0.2) is 0 Å². The maximum atomic E-state index is 11.6. The second-order valence-electron chi connectivity index (χ2n) is 5.98. The zero-order valence-corrected chi connectivity index (χ0v) is 12.4. The highest BCUT2D eigenvalue weighted by Gasteiger charge is 2.17. The second-order valence-corrected chi connectivity index (χ2v) is 5.98.